The topological polar surface area (TPSA) is 0 Å². The van der Waals surface area contributed by atoms with Crippen molar-refractivity contribution in [1.82, 2.24) is 0 Å². The van der Waals surface area contributed by atoms with Crippen LogP contribution in [0.2, 0.25) is 0 Å². The SMILES string of the molecule is CC1=C=Cc2sc(C)cc2C(C)C=C1C(C)C=C(C)C. The minimum absolute atomic E-state index is 0.449. The van der Waals surface area contributed by atoms with Crippen LogP contribution in [0.3, 0.4) is 0 Å². The molecule has 1 aliphatic rings. The Labute approximate surface area is 127 Å². The van der Waals surface area contributed by atoms with E-state index < -0.39 is 0 Å². The third-order valence-corrected chi connectivity index (χ3v) is 4.77. The largest absolute Gasteiger partial charge is 0.140 e. The van der Waals surface area contributed by atoms with Gasteiger partial charge in [-0.2, -0.15) is 0 Å². The molecular formula is C19H24S. The molecule has 0 radical (unpaired) electrons. The lowest BCUT2D eigenvalue weighted by molar-refractivity contribution is 0.831. The maximum absolute atomic E-state index is 3.48. The molecule has 0 saturated heterocycles. The number of fused-ring (bicyclic) bond motifs is 1. The molecule has 20 heavy (non-hydrogen) atoms. The first-order valence-corrected chi connectivity index (χ1v) is 8.11. The van der Waals surface area contributed by atoms with E-state index in [0.717, 1.165) is 0 Å². The Morgan fingerprint density at radius 2 is 2.05 bits per heavy atom. The Kier molecular flexibility index (Phi) is 4.52. The zero-order valence-electron chi connectivity index (χ0n) is 13.4. The van der Waals surface area contributed by atoms with Crippen molar-refractivity contribution in [3.8, 4) is 0 Å². The smallest absolute Gasteiger partial charge is 0.0388 e. The summed E-state index contributed by atoms with van der Waals surface area (Å²) in [6.07, 6.45) is 6.93. The van der Waals surface area contributed by atoms with Crippen LogP contribution in [0.5, 0.6) is 0 Å². The van der Waals surface area contributed by atoms with Crippen LogP contribution >= 0.6 is 11.3 Å². The Morgan fingerprint density at radius 3 is 2.70 bits per heavy atom. The van der Waals surface area contributed by atoms with Crippen LogP contribution in [0, 0.1) is 12.8 Å². The van der Waals surface area contributed by atoms with Crippen LogP contribution in [-0.2, 0) is 0 Å². The minimum atomic E-state index is 0.449. The molecule has 1 heteroatoms. The van der Waals surface area contributed by atoms with E-state index in [1.54, 1.807) is 0 Å². The Morgan fingerprint density at radius 1 is 1.35 bits per heavy atom. The van der Waals surface area contributed by atoms with Gasteiger partial charge >= 0.3 is 0 Å². The second-order valence-corrected chi connectivity index (χ2v) is 7.32. The molecule has 2 rings (SSSR count). The van der Waals surface area contributed by atoms with E-state index >= 15 is 0 Å². The van der Waals surface area contributed by atoms with Crippen molar-refractivity contribution >= 4 is 17.4 Å². The molecule has 1 aromatic rings. The second kappa shape index (κ2) is 5.99. The van der Waals surface area contributed by atoms with Gasteiger partial charge in [-0.25, -0.2) is 0 Å². The second-order valence-electron chi connectivity index (χ2n) is 6.03. The summed E-state index contributed by atoms with van der Waals surface area (Å²) in [6, 6.07) is 2.32. The first-order chi connectivity index (χ1) is 9.38. The summed E-state index contributed by atoms with van der Waals surface area (Å²) < 4.78 is 0. The number of aryl methyl sites for hydroxylation is 1. The van der Waals surface area contributed by atoms with Gasteiger partial charge in [0.2, 0.25) is 0 Å². The van der Waals surface area contributed by atoms with Crippen LogP contribution in [0.15, 0.2) is 40.7 Å². The monoisotopic (exact) mass is 284 g/mol. The highest BCUT2D eigenvalue weighted by Crippen LogP contribution is 2.35. The Bertz CT molecular complexity index is 627. The van der Waals surface area contributed by atoms with Crippen LogP contribution in [-0.4, -0.2) is 0 Å². The van der Waals surface area contributed by atoms with Crippen molar-refractivity contribution in [3.63, 3.8) is 0 Å². The van der Waals surface area contributed by atoms with E-state index in [4.69, 9.17) is 0 Å². The van der Waals surface area contributed by atoms with Crippen molar-refractivity contribution in [2.24, 2.45) is 5.92 Å². The molecule has 2 unspecified atom stereocenters. The van der Waals surface area contributed by atoms with E-state index in [-0.39, 0.29) is 0 Å². The van der Waals surface area contributed by atoms with Gasteiger partial charge in [-0.1, -0.05) is 31.6 Å². The molecule has 0 aliphatic heterocycles. The standard InChI is InChI=1S/C19H24S/c1-12(2)9-14(4)17-10-15(5)18-11-16(6)20-19(18)8-7-13(17)3/h8-11,14-15H,1-6H3. The molecule has 106 valence electrons. The van der Waals surface area contributed by atoms with Gasteiger partial charge in [-0.3, -0.25) is 0 Å². The van der Waals surface area contributed by atoms with Crippen molar-refractivity contribution in [2.75, 3.05) is 0 Å². The van der Waals surface area contributed by atoms with Gasteiger partial charge in [-0.05, 0) is 62.5 Å². The minimum Gasteiger partial charge on any atom is -0.140 e. The first-order valence-electron chi connectivity index (χ1n) is 7.29. The van der Waals surface area contributed by atoms with Crippen LogP contribution in [0.25, 0.3) is 6.08 Å². The van der Waals surface area contributed by atoms with Crippen LogP contribution in [0.1, 0.15) is 55.9 Å². The average molecular weight is 284 g/mol. The van der Waals surface area contributed by atoms with Crippen molar-refractivity contribution < 1.29 is 0 Å². The van der Waals surface area contributed by atoms with E-state index in [1.165, 1.54) is 32.0 Å². The maximum Gasteiger partial charge on any atom is 0.0388 e. The predicted molar refractivity (Wildman–Crippen MR) is 91.3 cm³/mol. The van der Waals surface area contributed by atoms with E-state index in [0.29, 0.717) is 11.8 Å². The molecule has 1 aliphatic carbocycles. The van der Waals surface area contributed by atoms with Gasteiger partial charge in [0.05, 0.1) is 0 Å². The summed E-state index contributed by atoms with van der Waals surface area (Å²) in [5.74, 6) is 0.913. The molecular weight excluding hydrogens is 260 g/mol. The van der Waals surface area contributed by atoms with Crippen molar-refractivity contribution in [1.29, 1.82) is 0 Å². The number of rotatable bonds is 2. The lowest BCUT2D eigenvalue weighted by Gasteiger charge is -2.17. The summed E-state index contributed by atoms with van der Waals surface area (Å²) in [5.41, 5.74) is 8.96. The molecule has 0 saturated carbocycles. The molecule has 1 aromatic heterocycles. The summed E-state index contributed by atoms with van der Waals surface area (Å²) in [6.45, 7) is 13.3. The molecule has 0 amide bonds. The lowest BCUT2D eigenvalue weighted by atomic mass is 9.87. The van der Waals surface area contributed by atoms with Gasteiger partial charge in [0.1, 0.15) is 0 Å². The van der Waals surface area contributed by atoms with E-state index in [9.17, 15) is 0 Å². The average Bonchev–Trinajstić information content (AvgIpc) is 2.71. The van der Waals surface area contributed by atoms with Gasteiger partial charge in [0, 0.05) is 15.7 Å². The highest BCUT2D eigenvalue weighted by Gasteiger charge is 2.16. The first kappa shape index (κ1) is 15.1. The number of allylic oxidation sites excluding steroid dienone is 5. The maximum atomic E-state index is 3.48. The van der Waals surface area contributed by atoms with Gasteiger partial charge < -0.3 is 0 Å². The van der Waals surface area contributed by atoms with Gasteiger partial charge in [0.15, 0.2) is 0 Å². The summed E-state index contributed by atoms with van der Waals surface area (Å²) in [4.78, 5) is 2.74. The van der Waals surface area contributed by atoms with E-state index in [2.05, 4.69) is 71.6 Å². The zero-order chi connectivity index (χ0) is 14.9. The van der Waals surface area contributed by atoms with Crippen molar-refractivity contribution in [2.45, 2.75) is 47.5 Å². The van der Waals surface area contributed by atoms with Crippen LogP contribution in [0.4, 0.5) is 0 Å². The molecule has 0 bridgehead atoms. The summed E-state index contributed by atoms with van der Waals surface area (Å²) in [5, 5.41) is 0. The number of hydrogen-bond acceptors (Lipinski definition) is 1. The van der Waals surface area contributed by atoms with Crippen molar-refractivity contribution in [3.05, 3.63) is 56.0 Å². The highest BCUT2D eigenvalue weighted by molar-refractivity contribution is 7.13. The van der Waals surface area contributed by atoms with Gasteiger partial charge in [-0.15, -0.1) is 17.1 Å². The number of hydrogen-bond donors (Lipinski definition) is 0. The predicted octanol–water partition coefficient (Wildman–Crippen LogP) is 6.26. The fourth-order valence-electron chi connectivity index (χ4n) is 2.84. The molecule has 0 nitrogen and oxygen atoms in total. The summed E-state index contributed by atoms with van der Waals surface area (Å²) in [7, 11) is 0. The quantitative estimate of drug-likeness (QED) is 0.444. The molecule has 0 N–H and O–H groups in total. The van der Waals surface area contributed by atoms with Gasteiger partial charge in [0.25, 0.3) is 0 Å². The fourth-order valence-corrected chi connectivity index (χ4v) is 3.86. The third-order valence-electron chi connectivity index (χ3n) is 3.76. The third kappa shape index (κ3) is 3.23. The normalized spacial score (nSPS) is 19.4. The number of thiophene rings is 1. The highest BCUT2D eigenvalue weighted by atomic mass is 32.1. The Balaban J connectivity index is 2.51. The molecule has 2 atom stereocenters. The lowest BCUT2D eigenvalue weighted by Crippen LogP contribution is -2.02. The van der Waals surface area contributed by atoms with E-state index in [1.807, 2.05) is 11.3 Å². The Hall–Kier alpha value is -1.30. The molecule has 0 fully saturated rings. The molecule has 0 spiro atoms. The fraction of sp³-hybridized carbons (Fsp3) is 0.421. The molecule has 1 heterocycles. The zero-order valence-corrected chi connectivity index (χ0v) is 14.2. The summed E-state index contributed by atoms with van der Waals surface area (Å²) >= 11 is 1.87. The van der Waals surface area contributed by atoms with Crippen LogP contribution < -0.4 is 0 Å². The molecule has 0 aromatic carbocycles.